The normalized spacial score (nSPS) is 25.2. The van der Waals surface area contributed by atoms with Gasteiger partial charge in [0.1, 0.15) is 0 Å². The van der Waals surface area contributed by atoms with Gasteiger partial charge in [-0.2, -0.15) is 5.26 Å². The number of hydrogen-bond acceptors (Lipinski definition) is 3. The molecule has 0 aliphatic carbocycles. The highest BCUT2D eigenvalue weighted by molar-refractivity contribution is 5.51. The van der Waals surface area contributed by atoms with Crippen LogP contribution >= 0.6 is 0 Å². The summed E-state index contributed by atoms with van der Waals surface area (Å²) in [5.74, 6) is 0. The molecule has 0 amide bonds. The molecular formula is C13H17N3. The lowest BCUT2D eigenvalue weighted by Gasteiger charge is -2.39. The number of anilines is 1. The van der Waals surface area contributed by atoms with E-state index in [0.717, 1.165) is 18.7 Å². The van der Waals surface area contributed by atoms with Gasteiger partial charge in [0.2, 0.25) is 0 Å². The Morgan fingerprint density at radius 2 is 2.00 bits per heavy atom. The largest absolute Gasteiger partial charge is 0.366 e. The molecule has 1 saturated heterocycles. The van der Waals surface area contributed by atoms with Crippen LogP contribution < -0.4 is 10.2 Å². The Balaban J connectivity index is 2.18. The Bertz CT molecular complexity index is 391. The second-order valence-electron chi connectivity index (χ2n) is 4.47. The summed E-state index contributed by atoms with van der Waals surface area (Å²) in [5.41, 5.74) is 1.93. The number of nitrogens with one attached hydrogen (secondary N) is 1. The minimum Gasteiger partial charge on any atom is -0.366 e. The van der Waals surface area contributed by atoms with Crippen LogP contribution in [0.3, 0.4) is 0 Å². The second kappa shape index (κ2) is 4.54. The van der Waals surface area contributed by atoms with Gasteiger partial charge in [-0.3, -0.25) is 0 Å². The van der Waals surface area contributed by atoms with Crippen LogP contribution in [0.2, 0.25) is 0 Å². The molecule has 0 unspecified atom stereocenters. The molecule has 0 aromatic heterocycles. The van der Waals surface area contributed by atoms with Gasteiger partial charge in [-0.1, -0.05) is 0 Å². The van der Waals surface area contributed by atoms with E-state index in [-0.39, 0.29) is 0 Å². The van der Waals surface area contributed by atoms with E-state index in [0.29, 0.717) is 12.1 Å². The number of rotatable bonds is 1. The zero-order valence-corrected chi connectivity index (χ0v) is 9.77. The van der Waals surface area contributed by atoms with Gasteiger partial charge in [-0.05, 0) is 38.1 Å². The van der Waals surface area contributed by atoms with Crippen LogP contribution in [0.25, 0.3) is 0 Å². The monoisotopic (exact) mass is 215 g/mol. The van der Waals surface area contributed by atoms with E-state index in [1.165, 1.54) is 5.69 Å². The molecule has 0 bridgehead atoms. The van der Waals surface area contributed by atoms with Crippen molar-refractivity contribution < 1.29 is 0 Å². The maximum absolute atomic E-state index is 8.76. The lowest BCUT2D eigenvalue weighted by atomic mass is 10.1. The van der Waals surface area contributed by atoms with Crippen LogP contribution in [0.1, 0.15) is 19.4 Å². The van der Waals surface area contributed by atoms with Crippen molar-refractivity contribution >= 4 is 5.69 Å². The first-order valence-corrected chi connectivity index (χ1v) is 5.71. The van der Waals surface area contributed by atoms with Crippen LogP contribution in [-0.2, 0) is 0 Å². The zero-order valence-electron chi connectivity index (χ0n) is 9.77. The molecule has 1 heterocycles. The van der Waals surface area contributed by atoms with Crippen LogP contribution in [0.15, 0.2) is 24.3 Å². The van der Waals surface area contributed by atoms with E-state index >= 15 is 0 Å². The molecule has 1 aliphatic rings. The van der Waals surface area contributed by atoms with Gasteiger partial charge in [-0.25, -0.2) is 0 Å². The molecule has 16 heavy (non-hydrogen) atoms. The van der Waals surface area contributed by atoms with Gasteiger partial charge in [0.25, 0.3) is 0 Å². The fourth-order valence-electron chi connectivity index (χ4n) is 2.11. The predicted molar refractivity (Wildman–Crippen MR) is 65.4 cm³/mol. The maximum Gasteiger partial charge on any atom is 0.0991 e. The Kier molecular flexibility index (Phi) is 3.12. The molecule has 0 radical (unpaired) electrons. The van der Waals surface area contributed by atoms with Crippen molar-refractivity contribution in [3.63, 3.8) is 0 Å². The summed E-state index contributed by atoms with van der Waals surface area (Å²) in [4.78, 5) is 2.39. The second-order valence-corrected chi connectivity index (χ2v) is 4.47. The summed E-state index contributed by atoms with van der Waals surface area (Å²) in [7, 11) is 0. The molecule has 2 rings (SSSR count). The smallest absolute Gasteiger partial charge is 0.0991 e. The van der Waals surface area contributed by atoms with E-state index in [1.807, 2.05) is 24.3 Å². The predicted octanol–water partition coefficient (Wildman–Crippen LogP) is 1.74. The molecule has 1 aromatic carbocycles. The standard InChI is InChI=1S/C13H17N3/c1-10-9-16(11(2)8-15-10)13-5-3-12(7-14)4-6-13/h3-6,10-11,15H,8-9H2,1-2H3/t10-,11+/m1/s1. The number of nitrogens with zero attached hydrogens (tertiary/aromatic N) is 2. The molecule has 84 valence electrons. The third-order valence-corrected chi connectivity index (χ3v) is 3.09. The highest BCUT2D eigenvalue weighted by Crippen LogP contribution is 2.20. The van der Waals surface area contributed by atoms with Crippen molar-refractivity contribution in [3.05, 3.63) is 29.8 Å². The number of piperazine rings is 1. The van der Waals surface area contributed by atoms with Gasteiger partial charge < -0.3 is 10.2 Å². The molecule has 0 spiro atoms. The average molecular weight is 215 g/mol. The lowest BCUT2D eigenvalue weighted by Crippen LogP contribution is -2.54. The van der Waals surface area contributed by atoms with Crippen molar-refractivity contribution in [2.24, 2.45) is 0 Å². The van der Waals surface area contributed by atoms with E-state index in [9.17, 15) is 0 Å². The lowest BCUT2D eigenvalue weighted by molar-refractivity contribution is 0.425. The maximum atomic E-state index is 8.76. The molecule has 3 heteroatoms. The van der Waals surface area contributed by atoms with Gasteiger partial charge in [0.05, 0.1) is 11.6 Å². The average Bonchev–Trinajstić information content (AvgIpc) is 2.32. The summed E-state index contributed by atoms with van der Waals surface area (Å²) in [6.07, 6.45) is 0. The molecule has 1 N–H and O–H groups in total. The van der Waals surface area contributed by atoms with Crippen molar-refractivity contribution in [3.8, 4) is 6.07 Å². The molecule has 1 aromatic rings. The molecule has 1 aliphatic heterocycles. The van der Waals surface area contributed by atoms with Crippen LogP contribution in [0.4, 0.5) is 5.69 Å². The van der Waals surface area contributed by atoms with Crippen molar-refractivity contribution in [2.45, 2.75) is 25.9 Å². The Labute approximate surface area is 96.7 Å². The van der Waals surface area contributed by atoms with Crippen molar-refractivity contribution in [1.29, 1.82) is 5.26 Å². The number of hydrogen-bond donors (Lipinski definition) is 1. The van der Waals surface area contributed by atoms with Gasteiger partial charge >= 0.3 is 0 Å². The first kappa shape index (κ1) is 11.0. The third-order valence-electron chi connectivity index (χ3n) is 3.09. The Hall–Kier alpha value is -1.53. The third kappa shape index (κ3) is 2.17. The SMILES string of the molecule is C[C@@H]1CN(c2ccc(C#N)cc2)[C@@H](C)CN1. The van der Waals surface area contributed by atoms with E-state index in [4.69, 9.17) is 5.26 Å². The Morgan fingerprint density at radius 3 is 2.62 bits per heavy atom. The molecule has 2 atom stereocenters. The first-order valence-electron chi connectivity index (χ1n) is 5.71. The molecular weight excluding hydrogens is 198 g/mol. The van der Waals surface area contributed by atoms with Crippen LogP contribution in [-0.4, -0.2) is 25.2 Å². The summed E-state index contributed by atoms with van der Waals surface area (Å²) < 4.78 is 0. The first-order chi connectivity index (χ1) is 7.70. The summed E-state index contributed by atoms with van der Waals surface area (Å²) in [6.45, 7) is 6.45. The van der Waals surface area contributed by atoms with E-state index in [2.05, 4.69) is 30.1 Å². The number of benzene rings is 1. The van der Waals surface area contributed by atoms with Crippen LogP contribution in [0, 0.1) is 11.3 Å². The zero-order chi connectivity index (χ0) is 11.5. The summed E-state index contributed by atoms with van der Waals surface area (Å²) in [5, 5.41) is 12.2. The quantitative estimate of drug-likeness (QED) is 0.775. The van der Waals surface area contributed by atoms with Crippen molar-refractivity contribution in [2.75, 3.05) is 18.0 Å². The summed E-state index contributed by atoms with van der Waals surface area (Å²) >= 11 is 0. The highest BCUT2D eigenvalue weighted by Gasteiger charge is 2.22. The molecule has 0 saturated carbocycles. The van der Waals surface area contributed by atoms with Gasteiger partial charge in [-0.15, -0.1) is 0 Å². The minimum atomic E-state index is 0.504. The topological polar surface area (TPSA) is 39.1 Å². The minimum absolute atomic E-state index is 0.504. The molecule has 3 nitrogen and oxygen atoms in total. The van der Waals surface area contributed by atoms with E-state index < -0.39 is 0 Å². The van der Waals surface area contributed by atoms with Crippen LogP contribution in [0.5, 0.6) is 0 Å². The summed E-state index contributed by atoms with van der Waals surface area (Å²) in [6, 6.07) is 11.0. The Morgan fingerprint density at radius 1 is 1.31 bits per heavy atom. The fraction of sp³-hybridized carbons (Fsp3) is 0.462. The van der Waals surface area contributed by atoms with Crippen molar-refractivity contribution in [1.82, 2.24) is 5.32 Å². The number of nitriles is 1. The van der Waals surface area contributed by atoms with Gasteiger partial charge in [0, 0.05) is 30.9 Å². The van der Waals surface area contributed by atoms with Gasteiger partial charge in [0.15, 0.2) is 0 Å². The molecule has 1 fully saturated rings. The van der Waals surface area contributed by atoms with E-state index in [1.54, 1.807) is 0 Å². The highest BCUT2D eigenvalue weighted by atomic mass is 15.2. The fourth-order valence-corrected chi connectivity index (χ4v) is 2.11.